The number of anilines is 1. The predicted octanol–water partition coefficient (Wildman–Crippen LogP) is 3.56. The second-order valence-electron chi connectivity index (χ2n) is 7.18. The average Bonchev–Trinajstić information content (AvgIpc) is 3.12. The number of halogens is 1. The van der Waals surface area contributed by atoms with Gasteiger partial charge in [-0.25, -0.2) is 9.37 Å². The summed E-state index contributed by atoms with van der Waals surface area (Å²) in [6.07, 6.45) is -1.28. The Balaban J connectivity index is 1.67. The van der Waals surface area contributed by atoms with Crippen LogP contribution < -0.4 is 14.4 Å². The number of carbonyl (C=O) groups excluding carboxylic acids is 1. The molecule has 29 heavy (non-hydrogen) atoms. The number of carbonyl (C=O) groups is 1. The van der Waals surface area contributed by atoms with E-state index < -0.39 is 18.0 Å². The van der Waals surface area contributed by atoms with Crippen LogP contribution in [0.3, 0.4) is 0 Å². The van der Waals surface area contributed by atoms with Gasteiger partial charge < -0.3 is 14.4 Å². The van der Waals surface area contributed by atoms with Gasteiger partial charge in [0.2, 0.25) is 6.10 Å². The third kappa shape index (κ3) is 3.90. The summed E-state index contributed by atoms with van der Waals surface area (Å²) in [5, 5.41) is 0.451. The zero-order valence-electron chi connectivity index (χ0n) is 16.5. The summed E-state index contributed by atoms with van der Waals surface area (Å²) >= 11 is 1.29. The summed E-state index contributed by atoms with van der Waals surface area (Å²) < 4.78 is 26.7. The van der Waals surface area contributed by atoms with Crippen LogP contribution in [0.4, 0.5) is 9.52 Å². The molecule has 3 aromatic rings. The number of fused-ring (bicyclic) bond motifs is 2. The first kappa shape index (κ1) is 19.6. The Morgan fingerprint density at radius 3 is 2.52 bits per heavy atom. The van der Waals surface area contributed by atoms with Gasteiger partial charge in [0.1, 0.15) is 17.4 Å². The second kappa shape index (κ2) is 7.96. The van der Waals surface area contributed by atoms with E-state index in [1.165, 1.54) is 17.4 Å². The molecule has 0 fully saturated rings. The molecule has 0 spiro atoms. The van der Waals surface area contributed by atoms with E-state index in [0.29, 0.717) is 34.4 Å². The van der Waals surface area contributed by atoms with Gasteiger partial charge >= 0.3 is 0 Å². The average molecular weight is 415 g/mol. The van der Waals surface area contributed by atoms with E-state index in [-0.39, 0.29) is 11.4 Å². The smallest absolute Gasteiger partial charge is 0.273 e. The lowest BCUT2D eigenvalue weighted by molar-refractivity contribution is -0.130. The van der Waals surface area contributed by atoms with Crippen molar-refractivity contribution in [3.05, 3.63) is 48.3 Å². The summed E-state index contributed by atoms with van der Waals surface area (Å²) in [7, 11) is 3.86. The highest BCUT2D eigenvalue weighted by atomic mass is 32.1. The number of rotatable bonds is 5. The van der Waals surface area contributed by atoms with Crippen LogP contribution in [-0.4, -0.2) is 55.2 Å². The van der Waals surface area contributed by atoms with E-state index in [9.17, 15) is 9.18 Å². The SMILES string of the molecule is CC1Oc2ccccc2OC1C(=O)N(CCN(C)C)c1nc2c(F)cccc2s1. The van der Waals surface area contributed by atoms with Crippen LogP contribution >= 0.6 is 11.3 Å². The van der Waals surface area contributed by atoms with Crippen molar-refractivity contribution in [2.45, 2.75) is 19.1 Å². The van der Waals surface area contributed by atoms with Gasteiger partial charge in [0.25, 0.3) is 5.91 Å². The van der Waals surface area contributed by atoms with Crippen LogP contribution in [0.2, 0.25) is 0 Å². The molecule has 1 aliphatic rings. The van der Waals surface area contributed by atoms with Crippen LogP contribution in [0.5, 0.6) is 11.5 Å². The molecule has 1 amide bonds. The molecule has 0 saturated heterocycles. The highest BCUT2D eigenvalue weighted by Gasteiger charge is 2.38. The third-order valence-electron chi connectivity index (χ3n) is 4.71. The number of hydrogen-bond donors (Lipinski definition) is 0. The molecule has 4 rings (SSSR count). The maximum absolute atomic E-state index is 14.1. The van der Waals surface area contributed by atoms with Crippen LogP contribution in [0, 0.1) is 5.82 Å². The highest BCUT2D eigenvalue weighted by Crippen LogP contribution is 2.35. The minimum Gasteiger partial charge on any atom is -0.482 e. The summed E-state index contributed by atoms with van der Waals surface area (Å²) in [5.41, 5.74) is 0.273. The maximum Gasteiger partial charge on any atom is 0.273 e. The van der Waals surface area contributed by atoms with Crippen LogP contribution in [0.15, 0.2) is 42.5 Å². The quantitative estimate of drug-likeness (QED) is 0.638. The van der Waals surface area contributed by atoms with Crippen molar-refractivity contribution in [3.8, 4) is 11.5 Å². The normalized spacial score (nSPS) is 18.2. The zero-order chi connectivity index (χ0) is 20.5. The fourth-order valence-corrected chi connectivity index (χ4v) is 4.17. The molecule has 2 aromatic carbocycles. The first-order valence-corrected chi connectivity index (χ1v) is 10.2. The molecule has 1 aromatic heterocycles. The van der Waals surface area contributed by atoms with E-state index in [4.69, 9.17) is 9.47 Å². The molecule has 0 saturated carbocycles. The fourth-order valence-electron chi connectivity index (χ4n) is 3.16. The van der Waals surface area contributed by atoms with Gasteiger partial charge in [-0.05, 0) is 45.3 Å². The Morgan fingerprint density at radius 2 is 1.83 bits per heavy atom. The van der Waals surface area contributed by atoms with Gasteiger partial charge in [-0.15, -0.1) is 0 Å². The van der Waals surface area contributed by atoms with Crippen molar-refractivity contribution >= 4 is 32.6 Å². The summed E-state index contributed by atoms with van der Waals surface area (Å²) in [5.74, 6) is 0.496. The number of ether oxygens (including phenoxy) is 2. The van der Waals surface area contributed by atoms with Gasteiger partial charge in [0.05, 0.1) is 4.70 Å². The first-order valence-electron chi connectivity index (χ1n) is 9.37. The molecule has 6 nitrogen and oxygen atoms in total. The van der Waals surface area contributed by atoms with Crippen LogP contribution in [0.25, 0.3) is 10.2 Å². The molecule has 2 heterocycles. The predicted molar refractivity (Wildman–Crippen MR) is 111 cm³/mol. The Labute approximate surface area is 172 Å². The number of thiazole rings is 1. The van der Waals surface area contributed by atoms with Crippen LogP contribution in [0.1, 0.15) is 6.92 Å². The molecule has 1 aliphatic heterocycles. The third-order valence-corrected chi connectivity index (χ3v) is 5.76. The molecule has 8 heteroatoms. The molecular weight excluding hydrogens is 393 g/mol. The van der Waals surface area contributed by atoms with Crippen molar-refractivity contribution in [1.29, 1.82) is 0 Å². The lowest BCUT2D eigenvalue weighted by Crippen LogP contribution is -2.52. The van der Waals surface area contributed by atoms with E-state index in [1.807, 2.05) is 37.2 Å². The minimum atomic E-state index is -0.816. The van der Waals surface area contributed by atoms with Gasteiger partial charge in [-0.1, -0.05) is 29.5 Å². The van der Waals surface area contributed by atoms with Crippen molar-refractivity contribution in [2.24, 2.45) is 0 Å². The summed E-state index contributed by atoms with van der Waals surface area (Å²) in [4.78, 5) is 21.4. The Hall–Kier alpha value is -2.71. The first-order chi connectivity index (χ1) is 13.9. The molecule has 0 bridgehead atoms. The van der Waals surface area contributed by atoms with E-state index in [1.54, 1.807) is 30.0 Å². The highest BCUT2D eigenvalue weighted by molar-refractivity contribution is 7.22. The number of para-hydroxylation sites is 3. The van der Waals surface area contributed by atoms with Crippen molar-refractivity contribution < 1.29 is 18.7 Å². The van der Waals surface area contributed by atoms with E-state index in [2.05, 4.69) is 4.98 Å². The number of likely N-dealkylation sites (N-methyl/N-ethyl adjacent to an activating group) is 1. The van der Waals surface area contributed by atoms with E-state index >= 15 is 0 Å². The topological polar surface area (TPSA) is 54.9 Å². The molecule has 0 radical (unpaired) electrons. The van der Waals surface area contributed by atoms with Gasteiger partial charge in [0.15, 0.2) is 16.6 Å². The molecule has 0 aliphatic carbocycles. The fraction of sp³-hybridized carbons (Fsp3) is 0.333. The number of amides is 1. The van der Waals surface area contributed by atoms with E-state index in [0.717, 1.165) is 0 Å². The Kier molecular flexibility index (Phi) is 5.38. The molecule has 0 N–H and O–H groups in total. The maximum atomic E-state index is 14.1. The molecule has 2 atom stereocenters. The lowest BCUT2D eigenvalue weighted by atomic mass is 10.1. The molecular formula is C21H22FN3O3S. The van der Waals surface area contributed by atoms with Crippen molar-refractivity contribution in [3.63, 3.8) is 0 Å². The number of hydrogen-bond acceptors (Lipinski definition) is 6. The Bertz CT molecular complexity index is 1040. The molecule has 152 valence electrons. The lowest BCUT2D eigenvalue weighted by Gasteiger charge is -2.34. The number of benzene rings is 2. The largest absolute Gasteiger partial charge is 0.482 e. The summed E-state index contributed by atoms with van der Waals surface area (Å²) in [6.45, 7) is 2.84. The monoisotopic (exact) mass is 415 g/mol. The van der Waals surface area contributed by atoms with Crippen molar-refractivity contribution in [1.82, 2.24) is 9.88 Å². The summed E-state index contributed by atoms with van der Waals surface area (Å²) in [6, 6.07) is 12.1. The van der Waals surface area contributed by atoms with Crippen molar-refractivity contribution in [2.75, 3.05) is 32.1 Å². The minimum absolute atomic E-state index is 0.256. The zero-order valence-corrected chi connectivity index (χ0v) is 17.3. The van der Waals surface area contributed by atoms with Gasteiger partial charge in [0, 0.05) is 13.1 Å². The standard InChI is InChI=1S/C21H22FN3O3S/c1-13-19(28-16-9-5-4-8-15(16)27-13)20(26)25(12-11-24(2)3)21-23-18-14(22)7-6-10-17(18)29-21/h4-10,13,19H,11-12H2,1-3H3. The Morgan fingerprint density at radius 1 is 1.10 bits per heavy atom. The van der Waals surface area contributed by atoms with Crippen LogP contribution in [-0.2, 0) is 4.79 Å². The number of aromatic nitrogens is 1. The number of nitrogens with zero attached hydrogens (tertiary/aromatic N) is 3. The van der Waals surface area contributed by atoms with Gasteiger partial charge in [-0.3, -0.25) is 9.69 Å². The van der Waals surface area contributed by atoms with Gasteiger partial charge in [-0.2, -0.15) is 0 Å². The second-order valence-corrected chi connectivity index (χ2v) is 8.19. The molecule has 2 unspecified atom stereocenters.